The number of ether oxygens (including phenoxy) is 1. The summed E-state index contributed by atoms with van der Waals surface area (Å²) in [4.78, 5) is 11.2. The third-order valence-corrected chi connectivity index (χ3v) is 3.06. The second-order valence-electron chi connectivity index (χ2n) is 5.42. The fourth-order valence-corrected chi connectivity index (χ4v) is 2.06. The highest BCUT2D eigenvalue weighted by molar-refractivity contribution is 5.94. The normalized spacial score (nSPS) is 10.6. The lowest BCUT2D eigenvalue weighted by Gasteiger charge is -2.08. The Labute approximate surface area is 120 Å². The van der Waals surface area contributed by atoms with E-state index in [4.69, 9.17) is 4.74 Å². The quantitative estimate of drug-likeness (QED) is 0.722. The van der Waals surface area contributed by atoms with Gasteiger partial charge in [-0.1, -0.05) is 26.0 Å². The molecule has 0 aromatic heterocycles. The number of Topliss-reactive ketones (excluding diaryl/α,β-unsaturated/α-hetero) is 1. The second-order valence-corrected chi connectivity index (χ2v) is 5.42. The molecule has 0 unspecified atom stereocenters. The minimum atomic E-state index is 0.0644. The number of ketones is 1. The summed E-state index contributed by atoms with van der Waals surface area (Å²) in [5, 5.41) is 0. The van der Waals surface area contributed by atoms with Crippen molar-refractivity contribution in [2.75, 3.05) is 0 Å². The lowest BCUT2D eigenvalue weighted by atomic mass is 10.0. The molecule has 0 saturated carbocycles. The van der Waals surface area contributed by atoms with Gasteiger partial charge in [0.1, 0.15) is 11.5 Å². The molecule has 0 aliphatic carbocycles. The van der Waals surface area contributed by atoms with Crippen LogP contribution in [0.1, 0.15) is 36.7 Å². The van der Waals surface area contributed by atoms with Gasteiger partial charge in [0.25, 0.3) is 0 Å². The predicted molar refractivity (Wildman–Crippen MR) is 81.5 cm³/mol. The molecule has 0 amide bonds. The smallest absolute Gasteiger partial charge is 0.159 e. The van der Waals surface area contributed by atoms with Crippen molar-refractivity contribution in [1.29, 1.82) is 0 Å². The van der Waals surface area contributed by atoms with Crippen LogP contribution in [0.15, 0.2) is 48.5 Å². The van der Waals surface area contributed by atoms with Crippen LogP contribution in [0.2, 0.25) is 0 Å². The number of rotatable bonds is 5. The van der Waals surface area contributed by atoms with Crippen molar-refractivity contribution in [3.8, 4) is 11.5 Å². The summed E-state index contributed by atoms with van der Waals surface area (Å²) < 4.78 is 5.76. The first-order chi connectivity index (χ1) is 9.54. The van der Waals surface area contributed by atoms with Gasteiger partial charge in [-0.25, -0.2) is 0 Å². The van der Waals surface area contributed by atoms with Gasteiger partial charge in [-0.2, -0.15) is 0 Å². The van der Waals surface area contributed by atoms with Crippen molar-refractivity contribution >= 4 is 5.78 Å². The molecule has 0 N–H and O–H groups in total. The molecule has 2 aromatic rings. The Morgan fingerprint density at radius 2 is 1.45 bits per heavy atom. The van der Waals surface area contributed by atoms with Crippen LogP contribution in [0.4, 0.5) is 0 Å². The maximum Gasteiger partial charge on any atom is 0.159 e. The van der Waals surface area contributed by atoms with Crippen molar-refractivity contribution in [3.05, 3.63) is 59.7 Å². The molecule has 0 fully saturated rings. The molecule has 2 nitrogen and oxygen atoms in total. The van der Waals surface area contributed by atoms with Gasteiger partial charge in [-0.15, -0.1) is 0 Å². The van der Waals surface area contributed by atoms with Gasteiger partial charge in [0.05, 0.1) is 0 Å². The molecule has 0 aliphatic rings. The average molecular weight is 268 g/mol. The summed E-state index contributed by atoms with van der Waals surface area (Å²) in [6.07, 6.45) is 1.08. The van der Waals surface area contributed by atoms with Crippen molar-refractivity contribution in [3.63, 3.8) is 0 Å². The Bertz CT molecular complexity index is 565. The van der Waals surface area contributed by atoms with Crippen LogP contribution >= 0.6 is 0 Å². The number of carbonyl (C=O) groups excluding carboxylic acids is 1. The predicted octanol–water partition coefficient (Wildman–Crippen LogP) is 4.88. The first-order valence-electron chi connectivity index (χ1n) is 6.92. The van der Waals surface area contributed by atoms with Crippen molar-refractivity contribution in [2.45, 2.75) is 27.2 Å². The number of carbonyl (C=O) groups is 1. The van der Waals surface area contributed by atoms with E-state index in [1.807, 2.05) is 24.3 Å². The molecule has 0 spiro atoms. The topological polar surface area (TPSA) is 26.3 Å². The summed E-state index contributed by atoms with van der Waals surface area (Å²) in [7, 11) is 0. The van der Waals surface area contributed by atoms with E-state index in [9.17, 15) is 4.79 Å². The third kappa shape index (κ3) is 3.95. The fourth-order valence-electron chi connectivity index (χ4n) is 2.06. The molecule has 20 heavy (non-hydrogen) atoms. The zero-order valence-electron chi connectivity index (χ0n) is 12.2. The molecule has 0 atom stereocenters. The van der Waals surface area contributed by atoms with Crippen molar-refractivity contribution < 1.29 is 9.53 Å². The highest BCUT2D eigenvalue weighted by Crippen LogP contribution is 2.22. The molecule has 0 saturated heterocycles. The first-order valence-corrected chi connectivity index (χ1v) is 6.92. The average Bonchev–Trinajstić information content (AvgIpc) is 2.41. The van der Waals surface area contributed by atoms with Gasteiger partial charge in [0.2, 0.25) is 0 Å². The molecule has 2 heteroatoms. The second kappa shape index (κ2) is 6.38. The van der Waals surface area contributed by atoms with Crippen LogP contribution in [0, 0.1) is 5.92 Å². The minimum Gasteiger partial charge on any atom is -0.457 e. The van der Waals surface area contributed by atoms with E-state index in [0.29, 0.717) is 11.5 Å². The highest BCUT2D eigenvalue weighted by atomic mass is 16.5. The van der Waals surface area contributed by atoms with Gasteiger partial charge in [0, 0.05) is 5.56 Å². The van der Waals surface area contributed by atoms with Crippen LogP contribution < -0.4 is 4.74 Å². The Hall–Kier alpha value is -2.09. The van der Waals surface area contributed by atoms with Gasteiger partial charge in [0.15, 0.2) is 5.78 Å². The molecule has 2 aromatic carbocycles. The van der Waals surface area contributed by atoms with Crippen LogP contribution in [0.3, 0.4) is 0 Å². The van der Waals surface area contributed by atoms with E-state index in [0.717, 1.165) is 17.9 Å². The van der Waals surface area contributed by atoms with Crippen molar-refractivity contribution in [1.82, 2.24) is 0 Å². The van der Waals surface area contributed by atoms with E-state index in [-0.39, 0.29) is 5.78 Å². The standard InChI is InChI=1S/C18H20O2/c1-13(2)12-15-4-8-17(9-5-15)20-18-10-6-16(7-11-18)14(3)19/h4-11,13H,12H2,1-3H3. The van der Waals surface area contributed by atoms with Crippen molar-refractivity contribution in [2.24, 2.45) is 5.92 Å². The largest absolute Gasteiger partial charge is 0.457 e. The summed E-state index contributed by atoms with van der Waals surface area (Å²) in [6, 6.07) is 15.4. The SMILES string of the molecule is CC(=O)c1ccc(Oc2ccc(CC(C)C)cc2)cc1. The summed E-state index contributed by atoms with van der Waals surface area (Å²) >= 11 is 0. The van der Waals surface area contributed by atoms with Crippen LogP contribution in [-0.4, -0.2) is 5.78 Å². The molecule has 0 heterocycles. The monoisotopic (exact) mass is 268 g/mol. The zero-order valence-corrected chi connectivity index (χ0v) is 12.2. The van der Waals surface area contributed by atoms with E-state index in [1.54, 1.807) is 19.1 Å². The van der Waals surface area contributed by atoms with Gasteiger partial charge in [-0.05, 0) is 61.2 Å². The lowest BCUT2D eigenvalue weighted by Crippen LogP contribution is -1.94. The summed E-state index contributed by atoms with van der Waals surface area (Å²) in [6.45, 7) is 5.98. The van der Waals surface area contributed by atoms with Crippen LogP contribution in [-0.2, 0) is 6.42 Å². The molecule has 2 rings (SSSR count). The first kappa shape index (κ1) is 14.3. The Morgan fingerprint density at radius 3 is 1.90 bits per heavy atom. The van der Waals surface area contributed by atoms with Crippen LogP contribution in [0.25, 0.3) is 0 Å². The molecule has 104 valence electrons. The molecular weight excluding hydrogens is 248 g/mol. The molecule has 0 radical (unpaired) electrons. The molecular formula is C18H20O2. The summed E-state index contributed by atoms with van der Waals surface area (Å²) in [5.74, 6) is 2.27. The minimum absolute atomic E-state index is 0.0644. The van der Waals surface area contributed by atoms with E-state index >= 15 is 0 Å². The Balaban J connectivity index is 2.04. The van der Waals surface area contributed by atoms with E-state index in [1.165, 1.54) is 5.56 Å². The summed E-state index contributed by atoms with van der Waals surface area (Å²) in [5.41, 5.74) is 2.02. The van der Waals surface area contributed by atoms with E-state index < -0.39 is 0 Å². The third-order valence-electron chi connectivity index (χ3n) is 3.06. The van der Waals surface area contributed by atoms with Gasteiger partial charge >= 0.3 is 0 Å². The van der Waals surface area contributed by atoms with Gasteiger partial charge < -0.3 is 4.74 Å². The number of hydrogen-bond acceptors (Lipinski definition) is 2. The molecule has 0 aliphatic heterocycles. The lowest BCUT2D eigenvalue weighted by molar-refractivity contribution is 0.101. The van der Waals surface area contributed by atoms with Crippen LogP contribution in [0.5, 0.6) is 11.5 Å². The number of hydrogen-bond donors (Lipinski definition) is 0. The Morgan fingerprint density at radius 1 is 0.950 bits per heavy atom. The fraction of sp³-hybridized carbons (Fsp3) is 0.278. The maximum absolute atomic E-state index is 11.2. The zero-order chi connectivity index (χ0) is 14.5. The highest BCUT2D eigenvalue weighted by Gasteiger charge is 2.02. The molecule has 0 bridgehead atoms. The van der Waals surface area contributed by atoms with Gasteiger partial charge in [-0.3, -0.25) is 4.79 Å². The number of benzene rings is 2. The Kier molecular flexibility index (Phi) is 4.57. The van der Waals surface area contributed by atoms with E-state index in [2.05, 4.69) is 26.0 Å². The maximum atomic E-state index is 11.2.